The summed E-state index contributed by atoms with van der Waals surface area (Å²) < 4.78 is 4.90. The van der Waals surface area contributed by atoms with Crippen LogP contribution in [0.5, 0.6) is 0 Å². The highest BCUT2D eigenvalue weighted by atomic mass is 16.6. The van der Waals surface area contributed by atoms with Gasteiger partial charge in [0.2, 0.25) is 0 Å². The molecule has 0 radical (unpaired) electrons. The van der Waals surface area contributed by atoms with Crippen LogP contribution in [0.1, 0.15) is 30.6 Å². The van der Waals surface area contributed by atoms with Gasteiger partial charge in [0.1, 0.15) is 5.56 Å². The molecule has 1 N–H and O–H groups in total. The van der Waals surface area contributed by atoms with Crippen molar-refractivity contribution in [3.05, 3.63) is 39.9 Å². The van der Waals surface area contributed by atoms with Crippen LogP contribution < -0.4 is 5.32 Å². The normalized spacial score (nSPS) is 10.2. The number of benzene rings is 1. The van der Waals surface area contributed by atoms with Crippen LogP contribution in [0.25, 0.3) is 0 Å². The maximum atomic E-state index is 11.8. The van der Waals surface area contributed by atoms with Crippen LogP contribution in [0.4, 0.5) is 5.69 Å². The number of ether oxygens (including phenoxy) is 1. The molecule has 0 aliphatic heterocycles. The predicted octanol–water partition coefficient (Wildman–Crippen LogP) is 1.67. The minimum absolute atomic E-state index is 0.0184. The third-order valence-electron chi connectivity index (χ3n) is 2.33. The van der Waals surface area contributed by atoms with Crippen molar-refractivity contribution in [3.63, 3.8) is 0 Å². The van der Waals surface area contributed by atoms with Crippen LogP contribution in [-0.4, -0.2) is 29.4 Å². The molecule has 7 heteroatoms. The molecule has 1 aromatic rings. The predicted molar refractivity (Wildman–Crippen MR) is 71.3 cm³/mol. The van der Waals surface area contributed by atoms with Crippen molar-refractivity contribution in [2.45, 2.75) is 26.4 Å². The second-order valence-electron chi connectivity index (χ2n) is 4.32. The first-order chi connectivity index (χ1) is 9.41. The number of para-hydroxylation sites is 1. The van der Waals surface area contributed by atoms with Gasteiger partial charge in [-0.3, -0.25) is 19.7 Å². The van der Waals surface area contributed by atoms with E-state index in [0.29, 0.717) is 0 Å². The first-order valence-corrected chi connectivity index (χ1v) is 6.13. The van der Waals surface area contributed by atoms with Crippen molar-refractivity contribution in [1.82, 2.24) is 5.32 Å². The fraction of sp³-hybridized carbons (Fsp3) is 0.385. The number of carbonyl (C=O) groups excluding carboxylic acids is 2. The van der Waals surface area contributed by atoms with E-state index < -0.39 is 16.8 Å². The number of carbonyl (C=O) groups is 2. The van der Waals surface area contributed by atoms with E-state index in [1.807, 2.05) is 0 Å². The number of nitro groups is 1. The number of nitrogens with one attached hydrogen (secondary N) is 1. The van der Waals surface area contributed by atoms with E-state index in [9.17, 15) is 19.7 Å². The Labute approximate surface area is 116 Å². The first-order valence-electron chi connectivity index (χ1n) is 6.13. The Bertz CT molecular complexity index is 513. The molecule has 1 aromatic carbocycles. The van der Waals surface area contributed by atoms with Gasteiger partial charge in [-0.1, -0.05) is 12.1 Å². The maximum Gasteiger partial charge on any atom is 0.307 e. The molecule has 1 rings (SSSR count). The number of hydrogen-bond acceptors (Lipinski definition) is 5. The number of hydrogen-bond donors (Lipinski definition) is 1. The molecule has 0 atom stereocenters. The van der Waals surface area contributed by atoms with Gasteiger partial charge in [0.05, 0.1) is 17.4 Å². The molecule has 1 amide bonds. The van der Waals surface area contributed by atoms with Gasteiger partial charge in [-0.15, -0.1) is 0 Å². The van der Waals surface area contributed by atoms with E-state index in [1.54, 1.807) is 13.8 Å². The van der Waals surface area contributed by atoms with E-state index in [1.165, 1.54) is 24.3 Å². The van der Waals surface area contributed by atoms with Crippen molar-refractivity contribution in [2.75, 3.05) is 6.54 Å². The van der Waals surface area contributed by atoms with E-state index in [-0.39, 0.29) is 30.3 Å². The Morgan fingerprint density at radius 2 is 2.00 bits per heavy atom. The third kappa shape index (κ3) is 4.68. The van der Waals surface area contributed by atoms with Gasteiger partial charge in [0.25, 0.3) is 11.6 Å². The van der Waals surface area contributed by atoms with Crippen molar-refractivity contribution in [2.24, 2.45) is 0 Å². The van der Waals surface area contributed by atoms with Crippen LogP contribution in [0.15, 0.2) is 24.3 Å². The lowest BCUT2D eigenvalue weighted by atomic mass is 10.1. The summed E-state index contributed by atoms with van der Waals surface area (Å²) >= 11 is 0. The van der Waals surface area contributed by atoms with Crippen molar-refractivity contribution < 1.29 is 19.2 Å². The highest BCUT2D eigenvalue weighted by molar-refractivity contribution is 5.98. The molecule has 0 aliphatic carbocycles. The zero-order chi connectivity index (χ0) is 15.1. The summed E-state index contributed by atoms with van der Waals surface area (Å²) in [6.07, 6.45) is -0.196. The molecular weight excluding hydrogens is 264 g/mol. The lowest BCUT2D eigenvalue weighted by molar-refractivity contribution is -0.385. The SMILES string of the molecule is CC(C)OC(=O)CCNC(=O)c1ccccc1[N+](=O)[O-]. The standard InChI is InChI=1S/C13H16N2O5/c1-9(2)20-12(16)7-8-14-13(17)10-5-3-4-6-11(10)15(18)19/h3-6,9H,7-8H2,1-2H3,(H,14,17). The molecule has 0 aliphatic rings. The fourth-order valence-electron chi connectivity index (χ4n) is 1.52. The second-order valence-corrected chi connectivity index (χ2v) is 4.32. The van der Waals surface area contributed by atoms with Crippen LogP contribution in [0.2, 0.25) is 0 Å². The Balaban J connectivity index is 2.56. The quantitative estimate of drug-likeness (QED) is 0.485. The van der Waals surface area contributed by atoms with Gasteiger partial charge in [0.15, 0.2) is 0 Å². The van der Waals surface area contributed by atoms with Crippen molar-refractivity contribution >= 4 is 17.6 Å². The molecule has 0 saturated heterocycles. The Hall–Kier alpha value is -2.44. The van der Waals surface area contributed by atoms with Gasteiger partial charge < -0.3 is 10.1 Å². The van der Waals surface area contributed by atoms with Gasteiger partial charge >= 0.3 is 5.97 Å². The van der Waals surface area contributed by atoms with Gasteiger partial charge in [0, 0.05) is 12.6 Å². The second kappa shape index (κ2) is 7.22. The molecule has 0 fully saturated rings. The minimum atomic E-state index is -0.623. The molecule has 0 heterocycles. The van der Waals surface area contributed by atoms with Crippen LogP contribution in [-0.2, 0) is 9.53 Å². The maximum absolute atomic E-state index is 11.8. The molecule has 0 bridgehead atoms. The van der Waals surface area contributed by atoms with Gasteiger partial charge in [-0.05, 0) is 19.9 Å². The summed E-state index contributed by atoms with van der Waals surface area (Å²) in [6, 6.07) is 5.63. The number of nitro benzene ring substituents is 1. The van der Waals surface area contributed by atoms with Crippen LogP contribution >= 0.6 is 0 Å². The summed E-state index contributed by atoms with van der Waals surface area (Å²) in [6.45, 7) is 3.52. The Kier molecular flexibility index (Phi) is 5.64. The Morgan fingerprint density at radius 1 is 1.35 bits per heavy atom. The van der Waals surface area contributed by atoms with E-state index >= 15 is 0 Å². The summed E-state index contributed by atoms with van der Waals surface area (Å²) in [5.74, 6) is -1.02. The Morgan fingerprint density at radius 3 is 2.60 bits per heavy atom. The highest BCUT2D eigenvalue weighted by Gasteiger charge is 2.18. The highest BCUT2D eigenvalue weighted by Crippen LogP contribution is 2.17. The number of esters is 1. The van der Waals surface area contributed by atoms with Gasteiger partial charge in [-0.2, -0.15) is 0 Å². The molecular formula is C13H16N2O5. The molecule has 0 unspecified atom stereocenters. The van der Waals surface area contributed by atoms with Gasteiger partial charge in [-0.25, -0.2) is 0 Å². The third-order valence-corrected chi connectivity index (χ3v) is 2.33. The molecule has 7 nitrogen and oxygen atoms in total. The number of amides is 1. The summed E-state index contributed by atoms with van der Waals surface area (Å²) in [7, 11) is 0. The molecule has 20 heavy (non-hydrogen) atoms. The summed E-state index contributed by atoms with van der Waals surface area (Å²) in [4.78, 5) is 33.2. The number of rotatable bonds is 6. The minimum Gasteiger partial charge on any atom is -0.463 e. The van der Waals surface area contributed by atoms with E-state index in [0.717, 1.165) is 0 Å². The summed E-state index contributed by atoms with van der Waals surface area (Å²) in [5.41, 5.74) is -0.301. The molecule has 0 saturated carbocycles. The zero-order valence-corrected chi connectivity index (χ0v) is 11.3. The molecule has 0 spiro atoms. The smallest absolute Gasteiger partial charge is 0.307 e. The first kappa shape index (κ1) is 15.6. The molecule has 0 aromatic heterocycles. The molecule has 108 valence electrons. The van der Waals surface area contributed by atoms with Crippen molar-refractivity contribution in [3.8, 4) is 0 Å². The van der Waals surface area contributed by atoms with E-state index in [2.05, 4.69) is 5.32 Å². The van der Waals surface area contributed by atoms with Crippen LogP contribution in [0, 0.1) is 10.1 Å². The average molecular weight is 280 g/mol. The largest absolute Gasteiger partial charge is 0.463 e. The average Bonchev–Trinajstić information content (AvgIpc) is 2.37. The lowest BCUT2D eigenvalue weighted by Gasteiger charge is -2.08. The monoisotopic (exact) mass is 280 g/mol. The zero-order valence-electron chi connectivity index (χ0n) is 11.3. The number of nitrogens with zero attached hydrogens (tertiary/aromatic N) is 1. The van der Waals surface area contributed by atoms with Crippen molar-refractivity contribution in [1.29, 1.82) is 0 Å². The van der Waals surface area contributed by atoms with E-state index in [4.69, 9.17) is 4.74 Å². The lowest BCUT2D eigenvalue weighted by Crippen LogP contribution is -2.27. The topological polar surface area (TPSA) is 98.5 Å². The summed E-state index contributed by atoms with van der Waals surface area (Å²) in [5, 5.41) is 13.2. The van der Waals surface area contributed by atoms with Crippen LogP contribution in [0.3, 0.4) is 0 Å². The fourth-order valence-corrected chi connectivity index (χ4v) is 1.52.